The van der Waals surface area contributed by atoms with E-state index in [0.717, 1.165) is 10.4 Å². The molecule has 7 nitrogen and oxygen atoms in total. The molecular weight excluding hydrogens is 420 g/mol. The van der Waals surface area contributed by atoms with Gasteiger partial charge >= 0.3 is 0 Å². The minimum absolute atomic E-state index is 0.142. The number of hydrogen-bond donors (Lipinski definition) is 1. The summed E-state index contributed by atoms with van der Waals surface area (Å²) in [6.45, 7) is 3.21. The number of piperidine rings is 1. The number of benzene rings is 1. The van der Waals surface area contributed by atoms with E-state index in [2.05, 4.69) is 10.4 Å². The number of hydrogen-bond acceptors (Lipinski definition) is 5. The van der Waals surface area contributed by atoms with Crippen LogP contribution in [-0.4, -0.2) is 41.5 Å². The highest BCUT2D eigenvalue weighted by molar-refractivity contribution is 7.91. The molecule has 2 aromatic heterocycles. The highest BCUT2D eigenvalue weighted by Gasteiger charge is 2.34. The van der Waals surface area contributed by atoms with Crippen LogP contribution in [0.3, 0.4) is 0 Å². The number of anilines is 1. The van der Waals surface area contributed by atoms with Gasteiger partial charge in [0, 0.05) is 36.0 Å². The minimum atomic E-state index is -3.55. The molecule has 1 amide bonds. The van der Waals surface area contributed by atoms with Crippen molar-refractivity contribution in [1.29, 1.82) is 0 Å². The van der Waals surface area contributed by atoms with Crippen molar-refractivity contribution >= 4 is 33.0 Å². The van der Waals surface area contributed by atoms with Crippen LogP contribution >= 0.6 is 11.3 Å². The number of nitrogens with one attached hydrogen (secondary N) is 1. The van der Waals surface area contributed by atoms with Crippen LogP contribution in [0.25, 0.3) is 0 Å². The standard InChI is InChI=1S/C21H24N4O3S2/c1-16-5-10-20(29-16)30(27,28)25-13-2-4-18(15-25)21(26)23-19-8-6-17(7-9-19)14-24-12-3-11-22-24/h3,5-12,18H,2,4,13-15H2,1H3,(H,23,26). The normalized spacial score (nSPS) is 17.7. The van der Waals surface area contributed by atoms with Gasteiger partial charge in [0.2, 0.25) is 5.91 Å². The van der Waals surface area contributed by atoms with Gasteiger partial charge in [-0.15, -0.1) is 11.3 Å². The molecule has 158 valence electrons. The summed E-state index contributed by atoms with van der Waals surface area (Å²) in [4.78, 5) is 13.7. The average Bonchev–Trinajstić information content (AvgIpc) is 3.41. The lowest BCUT2D eigenvalue weighted by molar-refractivity contribution is -0.120. The van der Waals surface area contributed by atoms with E-state index in [9.17, 15) is 13.2 Å². The molecule has 1 unspecified atom stereocenters. The molecule has 1 aliphatic heterocycles. The van der Waals surface area contributed by atoms with E-state index in [-0.39, 0.29) is 18.4 Å². The molecule has 1 fully saturated rings. The summed E-state index contributed by atoms with van der Waals surface area (Å²) in [6, 6.07) is 13.0. The maximum atomic E-state index is 12.9. The molecule has 1 aromatic carbocycles. The Hall–Kier alpha value is -2.49. The lowest BCUT2D eigenvalue weighted by atomic mass is 9.98. The Morgan fingerprint density at radius 1 is 1.23 bits per heavy atom. The van der Waals surface area contributed by atoms with Gasteiger partial charge in [-0.25, -0.2) is 8.42 Å². The summed E-state index contributed by atoms with van der Waals surface area (Å²) in [5.41, 5.74) is 1.79. The quantitative estimate of drug-likeness (QED) is 0.632. The molecule has 30 heavy (non-hydrogen) atoms. The van der Waals surface area contributed by atoms with Crippen molar-refractivity contribution in [3.05, 3.63) is 65.3 Å². The monoisotopic (exact) mass is 444 g/mol. The molecule has 1 saturated heterocycles. The topological polar surface area (TPSA) is 84.3 Å². The number of thiophene rings is 1. The first-order valence-corrected chi connectivity index (χ1v) is 12.1. The average molecular weight is 445 g/mol. The Morgan fingerprint density at radius 3 is 2.70 bits per heavy atom. The van der Waals surface area contributed by atoms with E-state index in [1.807, 2.05) is 54.2 Å². The van der Waals surface area contributed by atoms with Crippen LogP contribution in [0.5, 0.6) is 0 Å². The van der Waals surface area contributed by atoms with Gasteiger partial charge in [0.1, 0.15) is 4.21 Å². The predicted octanol–water partition coefficient (Wildman–Crippen LogP) is 3.34. The van der Waals surface area contributed by atoms with Crippen molar-refractivity contribution in [2.24, 2.45) is 5.92 Å². The Kier molecular flexibility index (Phi) is 6.03. The highest BCUT2D eigenvalue weighted by atomic mass is 32.2. The zero-order chi connectivity index (χ0) is 21.1. The van der Waals surface area contributed by atoms with Gasteiger partial charge in [-0.2, -0.15) is 9.40 Å². The second-order valence-electron chi connectivity index (χ2n) is 7.46. The van der Waals surface area contributed by atoms with Crippen LogP contribution in [0.15, 0.2) is 59.1 Å². The lowest BCUT2D eigenvalue weighted by Gasteiger charge is -2.30. The molecule has 0 bridgehead atoms. The summed E-state index contributed by atoms with van der Waals surface area (Å²) >= 11 is 1.27. The fourth-order valence-electron chi connectivity index (χ4n) is 3.57. The molecule has 1 N–H and O–H groups in total. The number of carbonyl (C=O) groups excluding carboxylic acids is 1. The molecular formula is C21H24N4O3S2. The Labute approximate surface area is 180 Å². The van der Waals surface area contributed by atoms with Crippen LogP contribution < -0.4 is 5.32 Å². The number of aromatic nitrogens is 2. The van der Waals surface area contributed by atoms with E-state index in [1.165, 1.54) is 15.6 Å². The number of sulfonamides is 1. The van der Waals surface area contributed by atoms with Crippen LogP contribution in [0.2, 0.25) is 0 Å². The van der Waals surface area contributed by atoms with Crippen LogP contribution in [0.1, 0.15) is 23.3 Å². The van der Waals surface area contributed by atoms with E-state index in [0.29, 0.717) is 35.8 Å². The molecule has 0 spiro atoms. The maximum Gasteiger partial charge on any atom is 0.252 e. The third-order valence-electron chi connectivity index (χ3n) is 5.19. The van der Waals surface area contributed by atoms with Gasteiger partial charge < -0.3 is 5.32 Å². The van der Waals surface area contributed by atoms with Crippen molar-refractivity contribution in [1.82, 2.24) is 14.1 Å². The number of aryl methyl sites for hydroxylation is 1. The fourth-order valence-corrected chi connectivity index (χ4v) is 6.53. The molecule has 1 atom stereocenters. The van der Waals surface area contributed by atoms with Gasteiger partial charge in [-0.1, -0.05) is 12.1 Å². The summed E-state index contributed by atoms with van der Waals surface area (Å²) < 4.78 is 29.4. The molecule has 0 aliphatic carbocycles. The molecule has 4 rings (SSSR count). The number of nitrogens with zero attached hydrogens (tertiary/aromatic N) is 3. The minimum Gasteiger partial charge on any atom is -0.326 e. The second-order valence-corrected chi connectivity index (χ2v) is 10.9. The van der Waals surface area contributed by atoms with Crippen molar-refractivity contribution < 1.29 is 13.2 Å². The fraction of sp³-hybridized carbons (Fsp3) is 0.333. The van der Waals surface area contributed by atoms with Crippen LogP contribution in [-0.2, 0) is 21.4 Å². The summed E-state index contributed by atoms with van der Waals surface area (Å²) in [7, 11) is -3.55. The molecule has 0 radical (unpaired) electrons. The van der Waals surface area contributed by atoms with Crippen molar-refractivity contribution in [3.63, 3.8) is 0 Å². The van der Waals surface area contributed by atoms with Crippen molar-refractivity contribution in [2.45, 2.75) is 30.5 Å². The second kappa shape index (κ2) is 8.71. The summed E-state index contributed by atoms with van der Waals surface area (Å²) in [5, 5.41) is 7.12. The maximum absolute atomic E-state index is 12.9. The molecule has 3 aromatic rings. The predicted molar refractivity (Wildman–Crippen MR) is 117 cm³/mol. The van der Waals surface area contributed by atoms with Gasteiger partial charge in [-0.3, -0.25) is 9.48 Å². The smallest absolute Gasteiger partial charge is 0.252 e. The number of amides is 1. The zero-order valence-corrected chi connectivity index (χ0v) is 18.3. The summed E-state index contributed by atoms with van der Waals surface area (Å²) in [6.07, 6.45) is 4.99. The van der Waals surface area contributed by atoms with E-state index in [1.54, 1.807) is 12.3 Å². The Bertz CT molecular complexity index is 1110. The zero-order valence-electron chi connectivity index (χ0n) is 16.7. The van der Waals surface area contributed by atoms with Gasteiger partial charge in [0.15, 0.2) is 0 Å². The van der Waals surface area contributed by atoms with Crippen molar-refractivity contribution in [2.75, 3.05) is 18.4 Å². The first kappa shape index (κ1) is 20.8. The largest absolute Gasteiger partial charge is 0.326 e. The molecule has 1 aliphatic rings. The SMILES string of the molecule is Cc1ccc(S(=O)(=O)N2CCCC(C(=O)Nc3ccc(Cn4cccn4)cc3)C2)s1. The van der Waals surface area contributed by atoms with Gasteiger partial charge in [-0.05, 0) is 55.7 Å². The van der Waals surface area contributed by atoms with E-state index >= 15 is 0 Å². The van der Waals surface area contributed by atoms with Crippen molar-refractivity contribution in [3.8, 4) is 0 Å². The summed E-state index contributed by atoms with van der Waals surface area (Å²) in [5.74, 6) is -0.504. The van der Waals surface area contributed by atoms with Crippen LogP contribution in [0.4, 0.5) is 5.69 Å². The van der Waals surface area contributed by atoms with E-state index < -0.39 is 10.0 Å². The third kappa shape index (κ3) is 4.63. The lowest BCUT2D eigenvalue weighted by Crippen LogP contribution is -2.43. The van der Waals surface area contributed by atoms with Crippen LogP contribution in [0, 0.1) is 12.8 Å². The molecule has 3 heterocycles. The van der Waals surface area contributed by atoms with E-state index in [4.69, 9.17) is 0 Å². The Morgan fingerprint density at radius 2 is 2.03 bits per heavy atom. The third-order valence-corrected chi connectivity index (χ3v) is 8.52. The highest BCUT2D eigenvalue weighted by Crippen LogP contribution is 2.28. The van der Waals surface area contributed by atoms with Gasteiger partial charge in [0.05, 0.1) is 12.5 Å². The number of rotatable bonds is 6. The Balaban J connectivity index is 1.38. The first-order chi connectivity index (χ1) is 14.4. The van der Waals surface area contributed by atoms with Gasteiger partial charge in [0.25, 0.3) is 10.0 Å². The molecule has 0 saturated carbocycles. The number of carbonyl (C=O) groups is 1. The first-order valence-electron chi connectivity index (χ1n) is 9.85. The molecule has 9 heteroatoms.